The maximum absolute atomic E-state index is 5.84. The van der Waals surface area contributed by atoms with Crippen LogP contribution in [0.5, 0.6) is 0 Å². The van der Waals surface area contributed by atoms with Crippen molar-refractivity contribution in [3.05, 3.63) is 59.1 Å². The average molecular weight is 246 g/mol. The molecule has 88 valence electrons. The van der Waals surface area contributed by atoms with Gasteiger partial charge in [-0.1, -0.05) is 37.6 Å². The fourth-order valence-corrected chi connectivity index (χ4v) is 1.78. The van der Waals surface area contributed by atoms with Crippen LogP contribution in [-0.2, 0) is 0 Å². The highest BCUT2D eigenvalue weighted by molar-refractivity contribution is 6.30. The van der Waals surface area contributed by atoms with Crippen LogP contribution in [0.4, 0.5) is 11.4 Å². The predicted molar refractivity (Wildman–Crippen MR) is 75.3 cm³/mol. The molecule has 0 aromatic heterocycles. The molecule has 2 aromatic carbocycles. The van der Waals surface area contributed by atoms with Crippen LogP contribution >= 0.6 is 11.6 Å². The van der Waals surface area contributed by atoms with Gasteiger partial charge in [0.25, 0.3) is 0 Å². The van der Waals surface area contributed by atoms with Gasteiger partial charge in [0.2, 0.25) is 0 Å². The lowest BCUT2D eigenvalue weighted by Gasteiger charge is -2.09. The number of hydrogen-bond acceptors (Lipinski definition) is 1. The lowest BCUT2D eigenvalue weighted by molar-refractivity contribution is 0.867. The van der Waals surface area contributed by atoms with Crippen molar-refractivity contribution in [1.82, 2.24) is 0 Å². The molecule has 0 radical (unpaired) electrons. The minimum Gasteiger partial charge on any atom is -0.356 e. The van der Waals surface area contributed by atoms with E-state index in [1.807, 2.05) is 24.3 Å². The maximum Gasteiger partial charge on any atom is 0.0407 e. The van der Waals surface area contributed by atoms with Crippen molar-refractivity contribution in [1.29, 1.82) is 0 Å². The molecule has 0 unspecified atom stereocenters. The predicted octanol–water partition coefficient (Wildman–Crippen LogP) is 5.21. The molecule has 0 bridgehead atoms. The molecular formula is C15H16ClN. The van der Waals surface area contributed by atoms with Gasteiger partial charge in [0.1, 0.15) is 0 Å². The van der Waals surface area contributed by atoms with Crippen molar-refractivity contribution in [2.75, 3.05) is 5.32 Å². The van der Waals surface area contributed by atoms with Crippen LogP contribution in [-0.4, -0.2) is 0 Å². The topological polar surface area (TPSA) is 12.0 Å². The largest absolute Gasteiger partial charge is 0.356 e. The van der Waals surface area contributed by atoms with E-state index in [0.717, 1.165) is 16.4 Å². The van der Waals surface area contributed by atoms with Crippen LogP contribution in [0.1, 0.15) is 25.3 Å². The van der Waals surface area contributed by atoms with Gasteiger partial charge in [0.05, 0.1) is 0 Å². The van der Waals surface area contributed by atoms with Crippen LogP contribution < -0.4 is 5.32 Å². The molecule has 1 N–H and O–H groups in total. The monoisotopic (exact) mass is 245 g/mol. The van der Waals surface area contributed by atoms with Gasteiger partial charge in [-0.25, -0.2) is 0 Å². The summed E-state index contributed by atoms with van der Waals surface area (Å²) in [6.07, 6.45) is 0. The van der Waals surface area contributed by atoms with Gasteiger partial charge in [-0.15, -0.1) is 0 Å². The lowest BCUT2D eigenvalue weighted by Crippen LogP contribution is -1.91. The lowest BCUT2D eigenvalue weighted by atomic mass is 10.0. The highest BCUT2D eigenvalue weighted by Gasteiger charge is 1.99. The zero-order valence-corrected chi connectivity index (χ0v) is 10.8. The van der Waals surface area contributed by atoms with E-state index in [2.05, 4.69) is 43.4 Å². The van der Waals surface area contributed by atoms with Crippen molar-refractivity contribution in [2.45, 2.75) is 19.8 Å². The van der Waals surface area contributed by atoms with E-state index in [1.54, 1.807) is 0 Å². The molecule has 0 saturated carbocycles. The molecule has 0 saturated heterocycles. The summed E-state index contributed by atoms with van der Waals surface area (Å²) in [5, 5.41) is 4.09. The second-order valence-electron chi connectivity index (χ2n) is 4.41. The van der Waals surface area contributed by atoms with Crippen molar-refractivity contribution in [3.8, 4) is 0 Å². The molecule has 0 atom stereocenters. The Bertz CT molecular complexity index is 471. The van der Waals surface area contributed by atoms with E-state index in [1.165, 1.54) is 5.56 Å². The highest BCUT2D eigenvalue weighted by Crippen LogP contribution is 2.21. The van der Waals surface area contributed by atoms with E-state index < -0.39 is 0 Å². The Hall–Kier alpha value is -1.47. The van der Waals surface area contributed by atoms with Gasteiger partial charge in [-0.3, -0.25) is 0 Å². The van der Waals surface area contributed by atoms with Crippen molar-refractivity contribution in [2.24, 2.45) is 0 Å². The molecular weight excluding hydrogens is 230 g/mol. The first-order valence-corrected chi connectivity index (χ1v) is 6.15. The fourth-order valence-electron chi connectivity index (χ4n) is 1.65. The summed E-state index contributed by atoms with van der Waals surface area (Å²) in [4.78, 5) is 0. The SMILES string of the molecule is CC(C)c1ccc(Nc2ccc(Cl)cc2)cc1. The Morgan fingerprint density at radius 3 is 1.76 bits per heavy atom. The number of anilines is 2. The van der Waals surface area contributed by atoms with Gasteiger partial charge in [0, 0.05) is 16.4 Å². The van der Waals surface area contributed by atoms with Gasteiger partial charge in [-0.05, 0) is 47.9 Å². The summed E-state index contributed by atoms with van der Waals surface area (Å²) in [7, 11) is 0. The number of hydrogen-bond donors (Lipinski definition) is 1. The van der Waals surface area contributed by atoms with Crippen LogP contribution in [0.2, 0.25) is 5.02 Å². The summed E-state index contributed by atoms with van der Waals surface area (Å²) in [6, 6.07) is 16.2. The summed E-state index contributed by atoms with van der Waals surface area (Å²) in [6.45, 7) is 4.39. The Morgan fingerprint density at radius 1 is 0.824 bits per heavy atom. The smallest absolute Gasteiger partial charge is 0.0407 e. The van der Waals surface area contributed by atoms with Gasteiger partial charge < -0.3 is 5.32 Å². The fraction of sp³-hybridized carbons (Fsp3) is 0.200. The summed E-state index contributed by atoms with van der Waals surface area (Å²) >= 11 is 5.84. The van der Waals surface area contributed by atoms with Gasteiger partial charge in [-0.2, -0.15) is 0 Å². The number of nitrogens with one attached hydrogen (secondary N) is 1. The third-order valence-electron chi connectivity index (χ3n) is 2.71. The number of rotatable bonds is 3. The molecule has 2 rings (SSSR count). The van der Waals surface area contributed by atoms with Gasteiger partial charge >= 0.3 is 0 Å². The first-order chi connectivity index (χ1) is 8.15. The average Bonchev–Trinajstić information content (AvgIpc) is 2.33. The summed E-state index contributed by atoms with van der Waals surface area (Å²) in [5.41, 5.74) is 3.50. The molecule has 0 aliphatic carbocycles. The van der Waals surface area contributed by atoms with Crippen molar-refractivity contribution >= 4 is 23.0 Å². The normalized spacial score (nSPS) is 10.6. The molecule has 0 amide bonds. The van der Waals surface area contributed by atoms with E-state index >= 15 is 0 Å². The highest BCUT2D eigenvalue weighted by atomic mass is 35.5. The number of halogens is 1. The minimum absolute atomic E-state index is 0.569. The Balaban J connectivity index is 2.11. The minimum atomic E-state index is 0.569. The Labute approximate surface area is 107 Å². The van der Waals surface area contributed by atoms with E-state index in [-0.39, 0.29) is 0 Å². The molecule has 0 spiro atoms. The Kier molecular flexibility index (Phi) is 3.70. The second-order valence-corrected chi connectivity index (χ2v) is 4.85. The number of benzene rings is 2. The third-order valence-corrected chi connectivity index (χ3v) is 2.96. The summed E-state index contributed by atoms with van der Waals surface area (Å²) in [5.74, 6) is 0.569. The molecule has 17 heavy (non-hydrogen) atoms. The van der Waals surface area contributed by atoms with Crippen LogP contribution in [0, 0.1) is 0 Å². The van der Waals surface area contributed by atoms with Crippen LogP contribution in [0.15, 0.2) is 48.5 Å². The maximum atomic E-state index is 5.84. The second kappa shape index (κ2) is 5.24. The molecule has 0 aliphatic heterocycles. The van der Waals surface area contributed by atoms with Crippen LogP contribution in [0.3, 0.4) is 0 Å². The van der Waals surface area contributed by atoms with Gasteiger partial charge in [0.15, 0.2) is 0 Å². The van der Waals surface area contributed by atoms with Crippen LogP contribution in [0.25, 0.3) is 0 Å². The summed E-state index contributed by atoms with van der Waals surface area (Å²) < 4.78 is 0. The molecule has 0 heterocycles. The molecule has 2 heteroatoms. The third kappa shape index (κ3) is 3.24. The molecule has 0 fully saturated rings. The molecule has 2 aromatic rings. The quantitative estimate of drug-likeness (QED) is 0.783. The standard InChI is InChI=1S/C15H16ClN/c1-11(2)12-3-7-14(8-4-12)17-15-9-5-13(16)6-10-15/h3-11,17H,1-2H3. The van der Waals surface area contributed by atoms with Crippen molar-refractivity contribution in [3.63, 3.8) is 0 Å². The first kappa shape index (κ1) is 12.0. The zero-order chi connectivity index (χ0) is 12.3. The first-order valence-electron chi connectivity index (χ1n) is 5.78. The van der Waals surface area contributed by atoms with Crippen molar-refractivity contribution < 1.29 is 0 Å². The Morgan fingerprint density at radius 2 is 1.29 bits per heavy atom. The molecule has 1 nitrogen and oxygen atoms in total. The van der Waals surface area contributed by atoms with E-state index in [0.29, 0.717) is 5.92 Å². The van der Waals surface area contributed by atoms with E-state index in [4.69, 9.17) is 11.6 Å². The zero-order valence-electron chi connectivity index (χ0n) is 10.1. The molecule has 0 aliphatic rings. The van der Waals surface area contributed by atoms with E-state index in [9.17, 15) is 0 Å².